The van der Waals surface area contributed by atoms with E-state index in [-0.39, 0.29) is 5.78 Å². The molecule has 0 aromatic carbocycles. The van der Waals surface area contributed by atoms with Gasteiger partial charge in [-0.2, -0.15) is 5.10 Å². The van der Waals surface area contributed by atoms with Crippen LogP contribution in [0.3, 0.4) is 0 Å². The second-order valence-electron chi connectivity index (χ2n) is 3.39. The minimum absolute atomic E-state index is 0.0120. The molecule has 5 heteroatoms. The summed E-state index contributed by atoms with van der Waals surface area (Å²) in [5.41, 5.74) is 0.775. The summed E-state index contributed by atoms with van der Waals surface area (Å²) < 4.78 is 2.72. The normalized spacial score (nSPS) is 11.2. The number of aromatic nitrogens is 2. The molecule has 88 valence electrons. The Morgan fingerprint density at radius 3 is 3.06 bits per heavy atom. The first-order chi connectivity index (χ1) is 8.20. The zero-order valence-electron chi connectivity index (χ0n) is 9.26. The van der Waals surface area contributed by atoms with Crippen LogP contribution in [-0.2, 0) is 6.54 Å². The van der Waals surface area contributed by atoms with E-state index in [0.717, 1.165) is 21.6 Å². The van der Waals surface area contributed by atoms with E-state index in [2.05, 4.69) is 21.0 Å². The van der Waals surface area contributed by atoms with Gasteiger partial charge in [0.25, 0.3) is 0 Å². The van der Waals surface area contributed by atoms with Crippen LogP contribution in [0.5, 0.6) is 0 Å². The summed E-state index contributed by atoms with van der Waals surface area (Å²) in [5.74, 6) is 0.0120. The Morgan fingerprint density at radius 2 is 2.47 bits per heavy atom. The highest BCUT2D eigenvalue weighted by molar-refractivity contribution is 9.10. The predicted molar refractivity (Wildman–Crippen MR) is 73.3 cm³/mol. The van der Waals surface area contributed by atoms with E-state index in [1.54, 1.807) is 12.2 Å². The van der Waals surface area contributed by atoms with Crippen LogP contribution in [0.4, 0.5) is 0 Å². The lowest BCUT2D eigenvalue weighted by Crippen LogP contribution is -1.94. The molecular weight excluding hydrogens is 300 g/mol. The monoisotopic (exact) mass is 310 g/mol. The largest absolute Gasteiger partial charge is 0.288 e. The minimum atomic E-state index is 0.0120. The van der Waals surface area contributed by atoms with Crippen molar-refractivity contribution in [1.82, 2.24) is 9.78 Å². The number of ketones is 1. The van der Waals surface area contributed by atoms with E-state index in [1.165, 1.54) is 11.3 Å². The fourth-order valence-corrected chi connectivity index (χ4v) is 2.44. The number of thiophene rings is 1. The van der Waals surface area contributed by atoms with E-state index in [4.69, 9.17) is 0 Å². The third-order valence-corrected chi connectivity index (χ3v) is 3.72. The molecule has 0 N–H and O–H groups in total. The molecule has 3 nitrogen and oxygen atoms in total. The van der Waals surface area contributed by atoms with E-state index >= 15 is 0 Å². The molecule has 0 atom stereocenters. The molecule has 0 aliphatic carbocycles. The van der Waals surface area contributed by atoms with Crippen molar-refractivity contribution in [3.8, 4) is 0 Å². The van der Waals surface area contributed by atoms with Crippen LogP contribution in [0.1, 0.15) is 22.3 Å². The summed E-state index contributed by atoms with van der Waals surface area (Å²) in [7, 11) is 0. The highest BCUT2D eigenvalue weighted by Gasteiger charge is 2.05. The van der Waals surface area contributed by atoms with E-state index in [1.807, 2.05) is 35.3 Å². The maximum atomic E-state index is 11.7. The predicted octanol–water partition coefficient (Wildman–Crippen LogP) is 3.62. The maximum absolute atomic E-state index is 11.7. The number of carbonyl (C=O) groups is 1. The SMILES string of the molecule is CCn1cc(Br)c(/C=C/C(=O)c2cccs2)n1. The molecule has 0 spiro atoms. The van der Waals surface area contributed by atoms with Gasteiger partial charge in [-0.25, -0.2) is 0 Å². The maximum Gasteiger partial charge on any atom is 0.195 e. The first-order valence-electron chi connectivity index (χ1n) is 5.19. The van der Waals surface area contributed by atoms with Crippen molar-refractivity contribution < 1.29 is 4.79 Å². The fourth-order valence-electron chi connectivity index (χ4n) is 1.34. The summed E-state index contributed by atoms with van der Waals surface area (Å²) in [4.78, 5) is 12.5. The Hall–Kier alpha value is -1.20. The Bertz CT molecular complexity index is 543. The van der Waals surface area contributed by atoms with Crippen LogP contribution in [0, 0.1) is 0 Å². The van der Waals surface area contributed by atoms with Crippen molar-refractivity contribution in [3.63, 3.8) is 0 Å². The van der Waals surface area contributed by atoms with Gasteiger partial charge >= 0.3 is 0 Å². The molecule has 0 saturated heterocycles. The number of rotatable bonds is 4. The molecule has 2 aromatic heterocycles. The lowest BCUT2D eigenvalue weighted by Gasteiger charge is -1.90. The van der Waals surface area contributed by atoms with Crippen LogP contribution in [0.2, 0.25) is 0 Å². The Labute approximate surface area is 112 Å². The van der Waals surface area contributed by atoms with Gasteiger partial charge in [0.2, 0.25) is 0 Å². The molecule has 2 rings (SSSR count). The number of nitrogens with zero attached hydrogens (tertiary/aromatic N) is 2. The standard InChI is InChI=1S/C12H11BrN2OS/c1-2-15-8-9(13)10(14-15)5-6-11(16)12-4-3-7-17-12/h3-8H,2H2,1H3/b6-5+. The molecule has 17 heavy (non-hydrogen) atoms. The second kappa shape index (κ2) is 5.42. The minimum Gasteiger partial charge on any atom is -0.288 e. The molecule has 0 fully saturated rings. The van der Waals surface area contributed by atoms with Crippen molar-refractivity contribution in [1.29, 1.82) is 0 Å². The second-order valence-corrected chi connectivity index (χ2v) is 5.19. The summed E-state index contributed by atoms with van der Waals surface area (Å²) in [6.45, 7) is 2.83. The van der Waals surface area contributed by atoms with Crippen LogP contribution >= 0.6 is 27.3 Å². The smallest absolute Gasteiger partial charge is 0.195 e. The van der Waals surface area contributed by atoms with Gasteiger partial charge in [0.15, 0.2) is 5.78 Å². The van der Waals surface area contributed by atoms with Gasteiger partial charge in [0, 0.05) is 12.7 Å². The lowest BCUT2D eigenvalue weighted by atomic mass is 10.3. The summed E-state index contributed by atoms with van der Waals surface area (Å²) in [5, 5.41) is 6.21. The molecule has 0 unspecified atom stereocenters. The van der Waals surface area contributed by atoms with Gasteiger partial charge in [0.05, 0.1) is 15.0 Å². The van der Waals surface area contributed by atoms with Crippen molar-refractivity contribution in [2.24, 2.45) is 0 Å². The summed E-state index contributed by atoms with van der Waals surface area (Å²) in [6.07, 6.45) is 5.19. The topological polar surface area (TPSA) is 34.9 Å². The molecular formula is C12H11BrN2OS. The van der Waals surface area contributed by atoms with E-state index in [0.29, 0.717) is 0 Å². The lowest BCUT2D eigenvalue weighted by molar-refractivity contribution is 0.105. The highest BCUT2D eigenvalue weighted by Crippen LogP contribution is 2.17. The Morgan fingerprint density at radius 1 is 1.65 bits per heavy atom. The number of hydrogen-bond acceptors (Lipinski definition) is 3. The average molecular weight is 311 g/mol. The fraction of sp³-hybridized carbons (Fsp3) is 0.167. The number of allylic oxidation sites excluding steroid dienone is 1. The van der Waals surface area contributed by atoms with Crippen molar-refractivity contribution in [3.05, 3.63) is 44.8 Å². The van der Waals surface area contributed by atoms with Crippen molar-refractivity contribution in [2.75, 3.05) is 0 Å². The van der Waals surface area contributed by atoms with E-state index < -0.39 is 0 Å². The molecule has 0 aliphatic rings. The van der Waals surface area contributed by atoms with Crippen LogP contribution in [0.25, 0.3) is 6.08 Å². The van der Waals surface area contributed by atoms with Crippen molar-refractivity contribution in [2.45, 2.75) is 13.5 Å². The van der Waals surface area contributed by atoms with Gasteiger partial charge < -0.3 is 0 Å². The van der Waals surface area contributed by atoms with Gasteiger partial charge in [-0.15, -0.1) is 11.3 Å². The van der Waals surface area contributed by atoms with Gasteiger partial charge in [-0.1, -0.05) is 6.07 Å². The zero-order valence-corrected chi connectivity index (χ0v) is 11.7. The van der Waals surface area contributed by atoms with Crippen LogP contribution in [-0.4, -0.2) is 15.6 Å². The van der Waals surface area contributed by atoms with Gasteiger partial charge in [0.1, 0.15) is 0 Å². The van der Waals surface area contributed by atoms with Gasteiger partial charge in [-0.3, -0.25) is 9.48 Å². The molecule has 0 saturated carbocycles. The number of carbonyl (C=O) groups excluding carboxylic acids is 1. The molecule has 0 bridgehead atoms. The molecule has 0 radical (unpaired) electrons. The summed E-state index contributed by atoms with van der Waals surface area (Å²) >= 11 is 4.86. The molecule has 0 amide bonds. The Kier molecular flexibility index (Phi) is 3.91. The van der Waals surface area contributed by atoms with Gasteiger partial charge in [-0.05, 0) is 46.5 Å². The van der Waals surface area contributed by atoms with Crippen LogP contribution < -0.4 is 0 Å². The zero-order chi connectivity index (χ0) is 12.3. The highest BCUT2D eigenvalue weighted by atomic mass is 79.9. The molecule has 2 heterocycles. The first kappa shape index (κ1) is 12.3. The van der Waals surface area contributed by atoms with Crippen molar-refractivity contribution >= 4 is 39.1 Å². The third kappa shape index (κ3) is 2.92. The third-order valence-electron chi connectivity index (χ3n) is 2.22. The number of hydrogen-bond donors (Lipinski definition) is 0. The molecule has 0 aliphatic heterocycles. The van der Waals surface area contributed by atoms with E-state index in [9.17, 15) is 4.79 Å². The first-order valence-corrected chi connectivity index (χ1v) is 6.87. The van der Waals surface area contributed by atoms with Crippen LogP contribution in [0.15, 0.2) is 34.3 Å². The summed E-state index contributed by atoms with van der Waals surface area (Å²) in [6, 6.07) is 3.69. The number of aryl methyl sites for hydroxylation is 1. The Balaban J connectivity index is 2.15. The quantitative estimate of drug-likeness (QED) is 0.638. The average Bonchev–Trinajstić information content (AvgIpc) is 2.95. The number of halogens is 1. The molecule has 2 aromatic rings.